The summed E-state index contributed by atoms with van der Waals surface area (Å²) in [6.07, 6.45) is 6.19. The van der Waals surface area contributed by atoms with Crippen molar-refractivity contribution in [2.24, 2.45) is 0 Å². The first-order valence-electron chi connectivity index (χ1n) is 17.5. The Balaban J connectivity index is 0.981. The molecule has 4 saturated heterocycles. The van der Waals surface area contributed by atoms with Crippen LogP contribution in [0, 0.1) is 20.2 Å². The summed E-state index contributed by atoms with van der Waals surface area (Å²) in [6.45, 7) is 1.19. The van der Waals surface area contributed by atoms with E-state index in [9.17, 15) is 29.8 Å². The standard InChI is InChI=1S/C36H48N4O10/c1-39(21-23-15-25(37(43)44)5-11-33(23)47-3)27-7-8-28(39)18-31(17-27)49-35(41)13-14-36(42)50-32-19-29-9-10-30(20-32)40(29,2)22-24-16-26(38(45)46)6-12-34(24)48-4/h5-6,11-12,15-16,27-32H,7-10,13-14,17-22H2,1-4H3/q+2/t27-,28+,29-,30+,31?,32?,39?,40?. The molecule has 4 heterocycles. The number of esters is 2. The predicted molar refractivity (Wildman–Crippen MR) is 180 cm³/mol. The highest BCUT2D eigenvalue weighted by Crippen LogP contribution is 2.46. The maximum Gasteiger partial charge on any atom is 0.306 e. The van der Waals surface area contributed by atoms with Crippen molar-refractivity contribution in [2.75, 3.05) is 28.3 Å². The topological polar surface area (TPSA) is 157 Å². The van der Waals surface area contributed by atoms with Crippen LogP contribution in [0.1, 0.15) is 75.3 Å². The SMILES string of the molecule is COc1ccc([N+](=O)[O-])cc1C[N+]1(C)[C@@H]2CC[C@H]1CC(OC(=O)CCC(=O)OC1C[C@H]3CC[C@@H](C1)[N+]3(C)Cc1cc([N+](=O)[O-])ccc1OC)C2. The van der Waals surface area contributed by atoms with Gasteiger partial charge >= 0.3 is 11.9 Å². The van der Waals surface area contributed by atoms with Gasteiger partial charge in [0.05, 0.1) is 86.3 Å². The molecule has 4 bridgehead atoms. The minimum atomic E-state index is -0.401. The molecule has 14 nitrogen and oxygen atoms in total. The zero-order chi connectivity index (χ0) is 35.8. The van der Waals surface area contributed by atoms with Crippen LogP contribution < -0.4 is 9.47 Å². The number of nitro groups is 2. The summed E-state index contributed by atoms with van der Waals surface area (Å²) in [4.78, 5) is 47.9. The molecule has 2 aromatic rings. The number of non-ortho nitro benzene ring substituents is 2. The van der Waals surface area contributed by atoms with E-state index in [4.69, 9.17) is 18.9 Å². The molecule has 4 aliphatic rings. The van der Waals surface area contributed by atoms with Crippen molar-refractivity contribution in [1.82, 2.24) is 0 Å². The molecular weight excluding hydrogens is 648 g/mol. The number of rotatable bonds is 13. The van der Waals surface area contributed by atoms with Crippen molar-refractivity contribution in [3.63, 3.8) is 0 Å². The van der Waals surface area contributed by atoms with Crippen LogP contribution >= 0.6 is 0 Å². The third kappa shape index (κ3) is 7.00. The van der Waals surface area contributed by atoms with Gasteiger partial charge in [-0.2, -0.15) is 0 Å². The lowest BCUT2D eigenvalue weighted by Crippen LogP contribution is -2.58. The number of benzene rings is 2. The van der Waals surface area contributed by atoms with Gasteiger partial charge < -0.3 is 27.9 Å². The first-order chi connectivity index (χ1) is 23.8. The van der Waals surface area contributed by atoms with Gasteiger partial charge in [-0.25, -0.2) is 0 Å². The number of nitrogens with zero attached hydrogens (tertiary/aromatic N) is 4. The van der Waals surface area contributed by atoms with E-state index in [-0.39, 0.29) is 60.6 Å². The Morgan fingerprint density at radius 1 is 0.660 bits per heavy atom. The first-order valence-corrected chi connectivity index (χ1v) is 17.5. The van der Waals surface area contributed by atoms with E-state index in [1.807, 2.05) is 0 Å². The lowest BCUT2D eigenvalue weighted by molar-refractivity contribution is -0.961. The van der Waals surface area contributed by atoms with E-state index in [0.29, 0.717) is 50.3 Å². The predicted octanol–water partition coefficient (Wildman–Crippen LogP) is 5.37. The van der Waals surface area contributed by atoms with Crippen LogP contribution in [0.5, 0.6) is 11.5 Å². The highest BCUT2D eigenvalue weighted by molar-refractivity contribution is 5.77. The van der Waals surface area contributed by atoms with Crippen molar-refractivity contribution in [2.45, 2.75) is 114 Å². The number of carbonyl (C=O) groups excluding carboxylic acids is 2. The van der Waals surface area contributed by atoms with Gasteiger partial charge in [-0.15, -0.1) is 0 Å². The summed E-state index contributed by atoms with van der Waals surface area (Å²) in [5.41, 5.74) is 1.67. The number of hydrogen-bond donors (Lipinski definition) is 0. The monoisotopic (exact) mass is 696 g/mol. The van der Waals surface area contributed by atoms with Gasteiger partial charge in [-0.1, -0.05) is 0 Å². The van der Waals surface area contributed by atoms with Crippen LogP contribution in [0.2, 0.25) is 0 Å². The minimum absolute atomic E-state index is 0.0368. The molecule has 0 radical (unpaired) electrons. The second-order valence-corrected chi connectivity index (χ2v) is 15.0. The van der Waals surface area contributed by atoms with Gasteiger partial charge in [-0.3, -0.25) is 29.8 Å². The molecule has 2 aromatic carbocycles. The zero-order valence-corrected chi connectivity index (χ0v) is 29.3. The summed E-state index contributed by atoms with van der Waals surface area (Å²) in [5, 5.41) is 22.8. The Hall–Kier alpha value is -4.30. The largest absolute Gasteiger partial charge is 0.496 e. The molecule has 50 heavy (non-hydrogen) atoms. The highest BCUT2D eigenvalue weighted by Gasteiger charge is 2.54. The molecule has 0 aliphatic carbocycles. The number of nitro benzene ring substituents is 2. The fourth-order valence-corrected chi connectivity index (χ4v) is 9.53. The third-order valence-electron chi connectivity index (χ3n) is 12.2. The van der Waals surface area contributed by atoms with E-state index >= 15 is 0 Å². The van der Waals surface area contributed by atoms with Crippen LogP contribution in [0.15, 0.2) is 36.4 Å². The average molecular weight is 697 g/mol. The Morgan fingerprint density at radius 3 is 1.30 bits per heavy atom. The first kappa shape index (κ1) is 35.5. The third-order valence-corrected chi connectivity index (χ3v) is 12.2. The molecule has 0 spiro atoms. The second-order valence-electron chi connectivity index (χ2n) is 15.0. The molecule has 14 heteroatoms. The number of ether oxygens (including phenoxy) is 4. The lowest BCUT2D eigenvalue weighted by Gasteiger charge is -2.47. The van der Waals surface area contributed by atoms with Crippen LogP contribution in [-0.4, -0.2) is 95.4 Å². The Kier molecular flexibility index (Phi) is 10.0. The molecule has 0 saturated carbocycles. The number of piperidine rings is 2. The summed E-state index contributed by atoms with van der Waals surface area (Å²) in [7, 11) is 7.49. The van der Waals surface area contributed by atoms with Crippen molar-refractivity contribution in [1.29, 1.82) is 0 Å². The maximum absolute atomic E-state index is 12.9. The Labute approximate surface area is 291 Å². The molecule has 4 aliphatic heterocycles. The van der Waals surface area contributed by atoms with E-state index in [0.717, 1.165) is 45.8 Å². The van der Waals surface area contributed by atoms with Gasteiger partial charge in [0, 0.05) is 75.6 Å². The van der Waals surface area contributed by atoms with Gasteiger partial charge in [0.25, 0.3) is 11.4 Å². The minimum Gasteiger partial charge on any atom is -0.496 e. The van der Waals surface area contributed by atoms with Gasteiger partial charge in [-0.05, 0) is 12.1 Å². The quantitative estimate of drug-likeness (QED) is 0.115. The van der Waals surface area contributed by atoms with Crippen molar-refractivity contribution in [3.05, 3.63) is 67.8 Å². The molecule has 6 rings (SSSR count). The van der Waals surface area contributed by atoms with Gasteiger partial charge in [0.1, 0.15) is 36.8 Å². The summed E-state index contributed by atoms with van der Waals surface area (Å²) in [5.74, 6) is 0.457. The van der Waals surface area contributed by atoms with E-state index in [1.165, 1.54) is 12.1 Å². The highest BCUT2D eigenvalue weighted by atomic mass is 16.6. The summed E-state index contributed by atoms with van der Waals surface area (Å²) < 4.78 is 24.3. The fourth-order valence-electron chi connectivity index (χ4n) is 9.53. The van der Waals surface area contributed by atoms with Crippen molar-refractivity contribution >= 4 is 23.3 Å². The van der Waals surface area contributed by atoms with Crippen molar-refractivity contribution in [3.8, 4) is 11.5 Å². The van der Waals surface area contributed by atoms with E-state index in [2.05, 4.69) is 14.1 Å². The molecule has 0 amide bonds. The molecule has 0 aromatic heterocycles. The zero-order valence-electron chi connectivity index (χ0n) is 29.3. The molecule has 8 atom stereocenters. The van der Waals surface area contributed by atoms with Crippen LogP contribution in [-0.2, 0) is 32.2 Å². The van der Waals surface area contributed by atoms with Crippen LogP contribution in [0.25, 0.3) is 0 Å². The molecule has 4 fully saturated rings. The molecule has 4 unspecified atom stereocenters. The number of carbonyl (C=O) groups is 2. The lowest BCUT2D eigenvalue weighted by atomic mass is 9.95. The summed E-state index contributed by atoms with van der Waals surface area (Å²) >= 11 is 0. The van der Waals surface area contributed by atoms with Crippen LogP contribution in [0.3, 0.4) is 0 Å². The second kappa shape index (κ2) is 14.1. The van der Waals surface area contributed by atoms with Gasteiger partial charge in [0.2, 0.25) is 0 Å². The smallest absolute Gasteiger partial charge is 0.306 e. The Bertz CT molecular complexity index is 1500. The normalized spacial score (nSPS) is 31.1. The fraction of sp³-hybridized carbons (Fsp3) is 0.611. The van der Waals surface area contributed by atoms with Crippen molar-refractivity contribution < 1.29 is 47.3 Å². The molecular formula is C36H48N4O10+2. The van der Waals surface area contributed by atoms with Crippen LogP contribution in [0.4, 0.5) is 11.4 Å². The number of methoxy groups -OCH3 is 2. The van der Waals surface area contributed by atoms with E-state index in [1.54, 1.807) is 38.5 Å². The summed E-state index contributed by atoms with van der Waals surface area (Å²) in [6, 6.07) is 10.4. The maximum atomic E-state index is 12.9. The molecule has 270 valence electrons. The Morgan fingerprint density at radius 2 is 1.00 bits per heavy atom. The number of quaternary nitrogens is 2. The number of hydrogen-bond acceptors (Lipinski definition) is 10. The van der Waals surface area contributed by atoms with Gasteiger partial charge in [0.15, 0.2) is 0 Å². The molecule has 0 N–H and O–H groups in total. The number of fused-ring (bicyclic) bond motifs is 4. The van der Waals surface area contributed by atoms with E-state index < -0.39 is 21.8 Å². The average Bonchev–Trinajstić information content (AvgIpc) is 3.31.